The van der Waals surface area contributed by atoms with Crippen LogP contribution in [0.5, 0.6) is 0 Å². The highest BCUT2D eigenvalue weighted by Gasteiger charge is 2.23. The third-order valence-corrected chi connectivity index (χ3v) is 2.39. The number of non-ortho nitro benzene ring substituents is 1. The minimum absolute atomic E-state index is 0.0601. The zero-order valence-corrected chi connectivity index (χ0v) is 7.37. The third kappa shape index (κ3) is 1.46. The molecule has 14 heavy (non-hydrogen) atoms. The molecule has 1 aliphatic rings. The van der Waals surface area contributed by atoms with Crippen molar-refractivity contribution in [3.05, 3.63) is 39.7 Å². The number of nitro benzene ring substituents is 1. The first kappa shape index (κ1) is 9.08. The van der Waals surface area contributed by atoms with E-state index in [9.17, 15) is 14.5 Å². The van der Waals surface area contributed by atoms with Crippen molar-refractivity contribution in [3.8, 4) is 0 Å². The Morgan fingerprint density at radius 1 is 1.57 bits per heavy atom. The molecule has 5 heteroatoms. The van der Waals surface area contributed by atoms with Gasteiger partial charge in [-0.25, -0.2) is 4.39 Å². The highest BCUT2D eigenvalue weighted by Crippen LogP contribution is 2.28. The SMILES string of the molecule is O=[N+]([O-])c1ccc(F)c([C@H]2CCN2)c1. The molecular weight excluding hydrogens is 187 g/mol. The van der Waals surface area contributed by atoms with Gasteiger partial charge in [-0.2, -0.15) is 0 Å². The van der Waals surface area contributed by atoms with E-state index in [1.807, 2.05) is 0 Å². The molecule has 1 aromatic rings. The van der Waals surface area contributed by atoms with Crippen LogP contribution in [0.25, 0.3) is 0 Å². The van der Waals surface area contributed by atoms with Crippen molar-refractivity contribution in [1.29, 1.82) is 0 Å². The molecule has 1 atom stereocenters. The van der Waals surface area contributed by atoms with Gasteiger partial charge >= 0.3 is 0 Å². The molecule has 1 N–H and O–H groups in total. The van der Waals surface area contributed by atoms with E-state index in [1.54, 1.807) is 0 Å². The fourth-order valence-electron chi connectivity index (χ4n) is 1.47. The molecule has 1 heterocycles. The van der Waals surface area contributed by atoms with Gasteiger partial charge in [0.05, 0.1) is 4.92 Å². The van der Waals surface area contributed by atoms with Gasteiger partial charge in [0.15, 0.2) is 0 Å². The molecule has 1 aromatic carbocycles. The van der Waals surface area contributed by atoms with Crippen molar-refractivity contribution >= 4 is 5.69 Å². The van der Waals surface area contributed by atoms with Crippen LogP contribution in [-0.2, 0) is 0 Å². The number of halogens is 1. The van der Waals surface area contributed by atoms with Crippen molar-refractivity contribution in [2.45, 2.75) is 12.5 Å². The van der Waals surface area contributed by atoms with Gasteiger partial charge in [-0.15, -0.1) is 0 Å². The fraction of sp³-hybridized carbons (Fsp3) is 0.333. The number of benzene rings is 1. The van der Waals surface area contributed by atoms with E-state index in [0.717, 1.165) is 19.0 Å². The molecule has 0 amide bonds. The van der Waals surface area contributed by atoms with E-state index >= 15 is 0 Å². The van der Waals surface area contributed by atoms with Crippen molar-refractivity contribution in [3.63, 3.8) is 0 Å². The van der Waals surface area contributed by atoms with Crippen molar-refractivity contribution in [1.82, 2.24) is 5.32 Å². The monoisotopic (exact) mass is 196 g/mol. The van der Waals surface area contributed by atoms with Gasteiger partial charge in [0.25, 0.3) is 5.69 Å². The maximum Gasteiger partial charge on any atom is 0.269 e. The quantitative estimate of drug-likeness (QED) is 0.579. The van der Waals surface area contributed by atoms with Crippen molar-refractivity contribution < 1.29 is 9.31 Å². The smallest absolute Gasteiger partial charge is 0.269 e. The van der Waals surface area contributed by atoms with Crippen molar-refractivity contribution in [2.24, 2.45) is 0 Å². The summed E-state index contributed by atoms with van der Waals surface area (Å²) in [5.74, 6) is -0.382. The lowest BCUT2D eigenvalue weighted by Crippen LogP contribution is -2.35. The summed E-state index contributed by atoms with van der Waals surface area (Å²) in [6.07, 6.45) is 0.831. The van der Waals surface area contributed by atoms with Gasteiger partial charge in [0.1, 0.15) is 5.82 Å². The summed E-state index contributed by atoms with van der Waals surface area (Å²) >= 11 is 0. The van der Waals surface area contributed by atoms with E-state index in [1.165, 1.54) is 12.1 Å². The summed E-state index contributed by atoms with van der Waals surface area (Å²) in [7, 11) is 0. The lowest BCUT2D eigenvalue weighted by molar-refractivity contribution is -0.385. The maximum atomic E-state index is 13.2. The first-order chi connectivity index (χ1) is 6.68. The Bertz CT molecular complexity index is 377. The molecule has 0 aromatic heterocycles. The van der Waals surface area contributed by atoms with E-state index in [2.05, 4.69) is 5.32 Å². The predicted octanol–water partition coefficient (Wildman–Crippen LogP) is 1.77. The molecular formula is C9H9FN2O2. The molecule has 4 nitrogen and oxygen atoms in total. The Hall–Kier alpha value is -1.49. The van der Waals surface area contributed by atoms with Crippen LogP contribution in [0.4, 0.5) is 10.1 Å². The highest BCUT2D eigenvalue weighted by atomic mass is 19.1. The number of hydrogen-bond donors (Lipinski definition) is 1. The fourth-order valence-corrected chi connectivity index (χ4v) is 1.47. The molecule has 0 bridgehead atoms. The molecule has 0 unspecified atom stereocenters. The number of rotatable bonds is 2. The first-order valence-corrected chi connectivity index (χ1v) is 4.35. The molecule has 2 rings (SSSR count). The van der Waals surface area contributed by atoms with Gasteiger partial charge in [0, 0.05) is 23.7 Å². The molecule has 0 aliphatic carbocycles. The van der Waals surface area contributed by atoms with Crippen LogP contribution in [0, 0.1) is 15.9 Å². The molecule has 74 valence electrons. The van der Waals surface area contributed by atoms with Crippen molar-refractivity contribution in [2.75, 3.05) is 6.54 Å². The van der Waals surface area contributed by atoms with E-state index in [-0.39, 0.29) is 17.5 Å². The summed E-state index contributed by atoms with van der Waals surface area (Å²) in [4.78, 5) is 9.94. The summed E-state index contributed by atoms with van der Waals surface area (Å²) in [5.41, 5.74) is 0.334. The zero-order valence-electron chi connectivity index (χ0n) is 7.37. The molecule has 1 fully saturated rings. The second-order valence-electron chi connectivity index (χ2n) is 3.26. The number of nitrogens with zero attached hydrogens (tertiary/aromatic N) is 1. The maximum absolute atomic E-state index is 13.2. The Morgan fingerprint density at radius 2 is 2.29 bits per heavy atom. The normalized spacial score (nSPS) is 20.2. The first-order valence-electron chi connectivity index (χ1n) is 4.35. The van der Waals surface area contributed by atoms with Gasteiger partial charge in [0.2, 0.25) is 0 Å². The minimum Gasteiger partial charge on any atom is -0.310 e. The van der Waals surface area contributed by atoms with Crippen LogP contribution in [0.1, 0.15) is 18.0 Å². The number of nitrogens with one attached hydrogen (secondary N) is 1. The molecule has 0 radical (unpaired) electrons. The van der Waals surface area contributed by atoms with E-state index in [0.29, 0.717) is 5.56 Å². The van der Waals surface area contributed by atoms with Crippen LogP contribution in [0.15, 0.2) is 18.2 Å². The van der Waals surface area contributed by atoms with E-state index < -0.39 is 4.92 Å². The van der Waals surface area contributed by atoms with Crippen LogP contribution >= 0.6 is 0 Å². The average Bonchev–Trinajstić information content (AvgIpc) is 2.05. The molecule has 0 saturated carbocycles. The summed E-state index contributed by atoms with van der Waals surface area (Å²) in [6, 6.07) is 3.56. The Balaban J connectivity index is 2.36. The summed E-state index contributed by atoms with van der Waals surface area (Å²) in [6.45, 7) is 0.840. The van der Waals surface area contributed by atoms with Crippen LogP contribution in [-0.4, -0.2) is 11.5 Å². The van der Waals surface area contributed by atoms with Crippen LogP contribution in [0.3, 0.4) is 0 Å². The largest absolute Gasteiger partial charge is 0.310 e. The predicted molar refractivity (Wildman–Crippen MR) is 48.4 cm³/mol. The Labute approximate surface area is 79.9 Å². The molecule has 1 aliphatic heterocycles. The number of hydrogen-bond acceptors (Lipinski definition) is 3. The lowest BCUT2D eigenvalue weighted by atomic mass is 9.97. The van der Waals surface area contributed by atoms with Gasteiger partial charge < -0.3 is 5.32 Å². The second-order valence-corrected chi connectivity index (χ2v) is 3.26. The zero-order chi connectivity index (χ0) is 10.1. The topological polar surface area (TPSA) is 55.2 Å². The van der Waals surface area contributed by atoms with Gasteiger partial charge in [-0.1, -0.05) is 0 Å². The Morgan fingerprint density at radius 3 is 2.79 bits per heavy atom. The summed E-state index contributed by atoms with van der Waals surface area (Å²) in [5, 5.41) is 13.5. The third-order valence-electron chi connectivity index (χ3n) is 2.39. The van der Waals surface area contributed by atoms with Crippen LogP contribution in [0.2, 0.25) is 0 Å². The summed E-state index contributed by atoms with van der Waals surface area (Å²) < 4.78 is 13.2. The molecule has 1 saturated heterocycles. The standard InChI is InChI=1S/C9H9FN2O2/c10-8-2-1-6(12(13)14)5-7(8)9-3-4-11-9/h1-2,5,9,11H,3-4H2/t9-/m1/s1. The minimum atomic E-state index is -0.512. The van der Waals surface area contributed by atoms with Gasteiger partial charge in [-0.05, 0) is 19.0 Å². The average molecular weight is 196 g/mol. The van der Waals surface area contributed by atoms with Crippen LogP contribution < -0.4 is 5.32 Å². The second kappa shape index (κ2) is 3.34. The molecule has 0 spiro atoms. The van der Waals surface area contributed by atoms with Gasteiger partial charge in [-0.3, -0.25) is 10.1 Å². The Kier molecular flexibility index (Phi) is 2.17. The highest BCUT2D eigenvalue weighted by molar-refractivity contribution is 5.37. The lowest BCUT2D eigenvalue weighted by Gasteiger charge is -2.28. The number of nitro groups is 1. The van der Waals surface area contributed by atoms with E-state index in [4.69, 9.17) is 0 Å².